The van der Waals surface area contributed by atoms with Crippen molar-refractivity contribution in [3.05, 3.63) is 34.1 Å². The van der Waals surface area contributed by atoms with Crippen LogP contribution in [0.15, 0.2) is 22.7 Å². The lowest BCUT2D eigenvalue weighted by Gasteiger charge is -2.04. The Balaban J connectivity index is 2.32. The van der Waals surface area contributed by atoms with Crippen LogP contribution in [0.25, 0.3) is 0 Å². The summed E-state index contributed by atoms with van der Waals surface area (Å²) in [6.45, 7) is 1.63. The van der Waals surface area contributed by atoms with Crippen LogP contribution in [0.1, 0.15) is 18.4 Å². The largest absolute Gasteiger partial charge is 0.313 e. The van der Waals surface area contributed by atoms with Gasteiger partial charge in [0, 0.05) is 13.0 Å². The second-order valence-electron chi connectivity index (χ2n) is 3.23. The number of rotatable bonds is 5. The first-order valence-corrected chi connectivity index (χ1v) is 5.61. The third kappa shape index (κ3) is 4.46. The lowest BCUT2D eigenvalue weighted by atomic mass is 10.2. The Labute approximate surface area is 98.2 Å². The number of unbranched alkanes of at least 4 members (excludes halogenated alkanes) is 1. The van der Waals surface area contributed by atoms with Gasteiger partial charge < -0.3 is 5.32 Å². The highest BCUT2D eigenvalue weighted by Gasteiger charge is 1.99. The molecule has 15 heavy (non-hydrogen) atoms. The first kappa shape index (κ1) is 12.2. The Morgan fingerprint density at radius 3 is 2.93 bits per heavy atom. The van der Waals surface area contributed by atoms with Crippen LogP contribution in [-0.4, -0.2) is 6.54 Å². The van der Waals surface area contributed by atoms with Crippen molar-refractivity contribution in [3.8, 4) is 12.3 Å². The number of halogens is 2. The quantitative estimate of drug-likeness (QED) is 0.640. The maximum absolute atomic E-state index is 12.9. The molecule has 0 spiro atoms. The van der Waals surface area contributed by atoms with Gasteiger partial charge in [0.1, 0.15) is 5.82 Å². The van der Waals surface area contributed by atoms with Gasteiger partial charge >= 0.3 is 0 Å². The highest BCUT2D eigenvalue weighted by atomic mass is 79.9. The predicted octanol–water partition coefficient (Wildman–Crippen LogP) is 3.09. The molecule has 0 saturated carbocycles. The molecule has 0 aromatic heterocycles. The lowest BCUT2D eigenvalue weighted by molar-refractivity contribution is 0.617. The van der Waals surface area contributed by atoms with Gasteiger partial charge in [0.2, 0.25) is 0 Å². The molecule has 0 radical (unpaired) electrons. The molecular formula is C12H13BrFN. The normalized spacial score (nSPS) is 9.93. The van der Waals surface area contributed by atoms with Crippen molar-refractivity contribution in [3.63, 3.8) is 0 Å². The van der Waals surface area contributed by atoms with Crippen LogP contribution >= 0.6 is 15.9 Å². The molecule has 80 valence electrons. The van der Waals surface area contributed by atoms with E-state index in [0.29, 0.717) is 4.47 Å². The molecular weight excluding hydrogens is 257 g/mol. The minimum absolute atomic E-state index is 0.230. The van der Waals surface area contributed by atoms with Gasteiger partial charge in [-0.15, -0.1) is 12.3 Å². The highest BCUT2D eigenvalue weighted by molar-refractivity contribution is 9.10. The molecule has 0 unspecified atom stereocenters. The number of hydrogen-bond acceptors (Lipinski definition) is 1. The number of benzene rings is 1. The van der Waals surface area contributed by atoms with E-state index in [9.17, 15) is 4.39 Å². The SMILES string of the molecule is C#CCCCNCc1ccc(F)c(Br)c1. The van der Waals surface area contributed by atoms with E-state index in [1.54, 1.807) is 12.1 Å². The topological polar surface area (TPSA) is 12.0 Å². The molecule has 1 aromatic rings. The summed E-state index contributed by atoms with van der Waals surface area (Å²) in [6.07, 6.45) is 6.90. The molecule has 1 aromatic carbocycles. The Bertz CT molecular complexity index is 357. The van der Waals surface area contributed by atoms with Gasteiger partial charge in [0.25, 0.3) is 0 Å². The third-order valence-corrected chi connectivity index (χ3v) is 2.60. The van der Waals surface area contributed by atoms with Gasteiger partial charge in [-0.05, 0) is 46.6 Å². The van der Waals surface area contributed by atoms with E-state index in [-0.39, 0.29) is 5.82 Å². The summed E-state index contributed by atoms with van der Waals surface area (Å²) in [5.74, 6) is 2.36. The van der Waals surface area contributed by atoms with Crippen molar-refractivity contribution in [1.82, 2.24) is 5.32 Å². The molecule has 0 atom stereocenters. The monoisotopic (exact) mass is 269 g/mol. The lowest BCUT2D eigenvalue weighted by Crippen LogP contribution is -2.14. The van der Waals surface area contributed by atoms with Gasteiger partial charge in [0.05, 0.1) is 4.47 Å². The molecule has 0 bridgehead atoms. The van der Waals surface area contributed by atoms with E-state index < -0.39 is 0 Å². The van der Waals surface area contributed by atoms with E-state index in [4.69, 9.17) is 6.42 Å². The maximum Gasteiger partial charge on any atom is 0.137 e. The number of hydrogen-bond donors (Lipinski definition) is 1. The van der Waals surface area contributed by atoms with Gasteiger partial charge in [-0.1, -0.05) is 6.07 Å². The predicted molar refractivity (Wildman–Crippen MR) is 63.9 cm³/mol. The van der Waals surface area contributed by atoms with Crippen LogP contribution in [-0.2, 0) is 6.54 Å². The summed E-state index contributed by atoms with van der Waals surface area (Å²) in [7, 11) is 0. The highest BCUT2D eigenvalue weighted by Crippen LogP contribution is 2.16. The van der Waals surface area contributed by atoms with Crippen LogP contribution in [0.5, 0.6) is 0 Å². The average Bonchev–Trinajstić information content (AvgIpc) is 2.23. The van der Waals surface area contributed by atoms with Gasteiger partial charge in [-0.3, -0.25) is 0 Å². The summed E-state index contributed by atoms with van der Waals surface area (Å²) >= 11 is 3.15. The minimum Gasteiger partial charge on any atom is -0.313 e. The fraction of sp³-hybridized carbons (Fsp3) is 0.333. The molecule has 0 heterocycles. The van der Waals surface area contributed by atoms with Crippen molar-refractivity contribution in [2.75, 3.05) is 6.54 Å². The Hall–Kier alpha value is -0.850. The first-order valence-electron chi connectivity index (χ1n) is 4.82. The summed E-state index contributed by atoms with van der Waals surface area (Å²) in [5, 5.41) is 3.24. The second-order valence-corrected chi connectivity index (χ2v) is 4.09. The van der Waals surface area contributed by atoms with Crippen LogP contribution < -0.4 is 5.32 Å². The summed E-state index contributed by atoms with van der Waals surface area (Å²) in [4.78, 5) is 0. The van der Waals surface area contributed by atoms with Gasteiger partial charge in [-0.2, -0.15) is 0 Å². The van der Waals surface area contributed by atoms with Gasteiger partial charge in [0.15, 0.2) is 0 Å². The van der Waals surface area contributed by atoms with Crippen molar-refractivity contribution in [2.45, 2.75) is 19.4 Å². The Morgan fingerprint density at radius 2 is 2.27 bits per heavy atom. The van der Waals surface area contributed by atoms with Crippen molar-refractivity contribution < 1.29 is 4.39 Å². The zero-order valence-electron chi connectivity index (χ0n) is 8.39. The fourth-order valence-corrected chi connectivity index (χ4v) is 1.62. The molecule has 0 fully saturated rings. The Kier molecular flexibility index (Phi) is 5.38. The average molecular weight is 270 g/mol. The Morgan fingerprint density at radius 1 is 1.47 bits per heavy atom. The molecule has 0 saturated heterocycles. The van der Waals surface area contributed by atoms with Crippen LogP contribution in [0.2, 0.25) is 0 Å². The van der Waals surface area contributed by atoms with Crippen molar-refractivity contribution in [2.24, 2.45) is 0 Å². The van der Waals surface area contributed by atoms with Crippen LogP contribution in [0.3, 0.4) is 0 Å². The molecule has 0 aliphatic carbocycles. The summed E-state index contributed by atoms with van der Waals surface area (Å²) in [5.41, 5.74) is 1.06. The number of terminal acetylenes is 1. The van der Waals surface area contributed by atoms with Crippen molar-refractivity contribution in [1.29, 1.82) is 0 Å². The molecule has 0 amide bonds. The molecule has 0 aliphatic heterocycles. The van der Waals surface area contributed by atoms with Gasteiger partial charge in [-0.25, -0.2) is 4.39 Å². The molecule has 0 aliphatic rings. The summed E-state index contributed by atoms with van der Waals surface area (Å²) < 4.78 is 13.4. The fourth-order valence-electron chi connectivity index (χ4n) is 1.20. The van der Waals surface area contributed by atoms with Crippen LogP contribution in [0, 0.1) is 18.2 Å². The van der Waals surface area contributed by atoms with E-state index in [0.717, 1.165) is 31.5 Å². The minimum atomic E-state index is -0.230. The smallest absolute Gasteiger partial charge is 0.137 e. The maximum atomic E-state index is 12.9. The third-order valence-electron chi connectivity index (χ3n) is 1.99. The molecule has 1 nitrogen and oxygen atoms in total. The molecule has 1 rings (SSSR count). The van der Waals surface area contributed by atoms with E-state index in [1.165, 1.54) is 6.07 Å². The zero-order valence-corrected chi connectivity index (χ0v) is 9.98. The van der Waals surface area contributed by atoms with E-state index >= 15 is 0 Å². The van der Waals surface area contributed by atoms with Crippen molar-refractivity contribution >= 4 is 15.9 Å². The summed E-state index contributed by atoms with van der Waals surface area (Å²) in [6, 6.07) is 5.01. The first-order chi connectivity index (χ1) is 7.24. The molecule has 1 N–H and O–H groups in total. The van der Waals surface area contributed by atoms with E-state index in [1.807, 2.05) is 0 Å². The standard InChI is InChI=1S/C12H13BrFN/c1-2-3-4-7-15-9-10-5-6-12(14)11(13)8-10/h1,5-6,8,15H,3-4,7,9H2. The zero-order chi connectivity index (χ0) is 11.1. The van der Waals surface area contributed by atoms with E-state index in [2.05, 4.69) is 27.2 Å². The second kappa shape index (κ2) is 6.60. The number of nitrogens with one attached hydrogen (secondary N) is 1. The molecule has 3 heteroatoms. The van der Waals surface area contributed by atoms with Crippen LogP contribution in [0.4, 0.5) is 4.39 Å².